The molecule has 0 amide bonds. The van der Waals surface area contributed by atoms with Gasteiger partial charge in [0.25, 0.3) is 0 Å². The van der Waals surface area contributed by atoms with E-state index in [2.05, 4.69) is 37.0 Å². The van der Waals surface area contributed by atoms with Crippen LogP contribution in [0.2, 0.25) is 0 Å². The Morgan fingerprint density at radius 3 is 2.60 bits per heavy atom. The van der Waals surface area contributed by atoms with Crippen molar-refractivity contribution in [2.24, 2.45) is 0 Å². The van der Waals surface area contributed by atoms with Crippen molar-refractivity contribution in [3.8, 4) is 0 Å². The van der Waals surface area contributed by atoms with Gasteiger partial charge < -0.3 is 0 Å². The highest BCUT2D eigenvalue weighted by Gasteiger charge is 2.06. The van der Waals surface area contributed by atoms with Gasteiger partial charge in [-0.15, -0.1) is 0 Å². The lowest BCUT2D eigenvalue weighted by atomic mass is 10.0. The van der Waals surface area contributed by atoms with Crippen LogP contribution in [0, 0.1) is 6.92 Å². The minimum Gasteiger partial charge on any atom is -0.299 e. The molecule has 0 aliphatic rings. The Hall–Kier alpha value is -1.96. The highest BCUT2D eigenvalue weighted by Crippen LogP contribution is 2.11. The summed E-state index contributed by atoms with van der Waals surface area (Å²) in [7, 11) is 0. The van der Waals surface area contributed by atoms with Gasteiger partial charge in [-0.25, -0.2) is 0 Å². The van der Waals surface area contributed by atoms with E-state index < -0.39 is 0 Å². The van der Waals surface area contributed by atoms with Crippen molar-refractivity contribution in [1.29, 1.82) is 0 Å². The smallest absolute Gasteiger partial charge is 0.139 e. The molecule has 1 heterocycles. The second kappa shape index (κ2) is 6.99. The van der Waals surface area contributed by atoms with Crippen LogP contribution in [0.25, 0.3) is 0 Å². The van der Waals surface area contributed by atoms with Gasteiger partial charge in [0.15, 0.2) is 0 Å². The van der Waals surface area contributed by atoms with Crippen molar-refractivity contribution in [2.75, 3.05) is 0 Å². The number of carbonyl (C=O) groups excluding carboxylic acids is 1. The average molecular weight is 267 g/mol. The summed E-state index contributed by atoms with van der Waals surface area (Å²) in [6.45, 7) is 4.19. The molecule has 0 aliphatic heterocycles. The maximum atomic E-state index is 12.0. The summed E-state index contributed by atoms with van der Waals surface area (Å²) in [5.74, 6) is 0.255. The zero-order chi connectivity index (χ0) is 14.4. The van der Waals surface area contributed by atoms with Crippen LogP contribution in [0.4, 0.5) is 0 Å². The van der Waals surface area contributed by atoms with Crippen LogP contribution in [0.15, 0.2) is 42.6 Å². The minimum atomic E-state index is 0.255. The topological polar surface area (TPSA) is 30.0 Å². The lowest BCUT2D eigenvalue weighted by Crippen LogP contribution is -2.06. The molecule has 1 aromatic carbocycles. The van der Waals surface area contributed by atoms with Crippen LogP contribution in [-0.4, -0.2) is 10.8 Å². The number of aromatic nitrogens is 1. The van der Waals surface area contributed by atoms with Crippen molar-refractivity contribution in [1.82, 2.24) is 4.98 Å². The molecule has 0 radical (unpaired) electrons. The molecule has 0 spiro atoms. The van der Waals surface area contributed by atoms with E-state index in [1.54, 1.807) is 0 Å². The molecule has 0 aliphatic carbocycles. The predicted molar refractivity (Wildman–Crippen MR) is 81.8 cm³/mol. The molecule has 104 valence electrons. The maximum Gasteiger partial charge on any atom is 0.139 e. The number of hydrogen-bond donors (Lipinski definition) is 0. The second-order valence-electron chi connectivity index (χ2n) is 5.15. The van der Waals surface area contributed by atoms with Crippen LogP contribution >= 0.6 is 0 Å². The van der Waals surface area contributed by atoms with Crippen molar-refractivity contribution >= 4 is 5.78 Å². The van der Waals surface area contributed by atoms with E-state index in [1.807, 2.05) is 24.4 Å². The van der Waals surface area contributed by atoms with Gasteiger partial charge in [0.1, 0.15) is 5.78 Å². The number of hydrogen-bond acceptors (Lipinski definition) is 2. The molecule has 20 heavy (non-hydrogen) atoms. The third-order valence-electron chi connectivity index (χ3n) is 3.61. The number of ketones is 1. The summed E-state index contributed by atoms with van der Waals surface area (Å²) < 4.78 is 0. The molecular formula is C18H21NO. The zero-order valence-electron chi connectivity index (χ0n) is 12.2. The standard InChI is InChI=1S/C18H21NO/c1-3-15-8-10-17(19-13-15)12-18(20)11-9-16-7-5-4-6-14(16)2/h4-8,10,13H,3,9,11-12H2,1-2H3. The highest BCUT2D eigenvalue weighted by molar-refractivity contribution is 5.80. The third-order valence-corrected chi connectivity index (χ3v) is 3.61. The number of benzene rings is 1. The van der Waals surface area contributed by atoms with Gasteiger partial charge in [0.2, 0.25) is 0 Å². The molecule has 2 heteroatoms. The van der Waals surface area contributed by atoms with E-state index in [0.29, 0.717) is 12.8 Å². The summed E-state index contributed by atoms with van der Waals surface area (Å²) in [5.41, 5.74) is 4.60. The van der Waals surface area contributed by atoms with E-state index in [0.717, 1.165) is 18.5 Å². The molecule has 0 unspecified atom stereocenters. The first-order valence-corrected chi connectivity index (χ1v) is 7.19. The first-order valence-electron chi connectivity index (χ1n) is 7.19. The number of Topliss-reactive ketones (excluding diaryl/α,β-unsaturated/α-hetero) is 1. The van der Waals surface area contributed by atoms with Crippen LogP contribution in [0.3, 0.4) is 0 Å². The van der Waals surface area contributed by atoms with Gasteiger partial charge in [0, 0.05) is 24.7 Å². The van der Waals surface area contributed by atoms with E-state index in [-0.39, 0.29) is 5.78 Å². The summed E-state index contributed by atoms with van der Waals surface area (Å²) >= 11 is 0. The van der Waals surface area contributed by atoms with Gasteiger partial charge in [-0.1, -0.05) is 37.3 Å². The summed E-state index contributed by atoms with van der Waals surface area (Å²) in [6.07, 6.45) is 4.69. The van der Waals surface area contributed by atoms with Gasteiger partial charge in [-0.2, -0.15) is 0 Å². The fraction of sp³-hybridized carbons (Fsp3) is 0.333. The lowest BCUT2D eigenvalue weighted by molar-refractivity contribution is -0.118. The summed E-state index contributed by atoms with van der Waals surface area (Å²) in [4.78, 5) is 16.4. The molecule has 2 nitrogen and oxygen atoms in total. The van der Waals surface area contributed by atoms with Crippen LogP contribution < -0.4 is 0 Å². The Morgan fingerprint density at radius 1 is 1.15 bits per heavy atom. The largest absolute Gasteiger partial charge is 0.299 e. The summed E-state index contributed by atoms with van der Waals surface area (Å²) in [6, 6.07) is 12.3. The monoisotopic (exact) mass is 267 g/mol. The number of aryl methyl sites for hydroxylation is 3. The Kier molecular flexibility index (Phi) is 5.05. The van der Waals surface area contributed by atoms with Gasteiger partial charge in [-0.3, -0.25) is 9.78 Å². The fourth-order valence-electron chi connectivity index (χ4n) is 2.22. The molecular weight excluding hydrogens is 246 g/mol. The molecule has 0 saturated carbocycles. The fourth-order valence-corrected chi connectivity index (χ4v) is 2.22. The molecule has 0 fully saturated rings. The van der Waals surface area contributed by atoms with Gasteiger partial charge >= 0.3 is 0 Å². The van der Waals surface area contributed by atoms with Crippen molar-refractivity contribution in [3.05, 3.63) is 65.0 Å². The molecule has 1 aromatic heterocycles. The zero-order valence-corrected chi connectivity index (χ0v) is 12.2. The molecule has 0 bridgehead atoms. The summed E-state index contributed by atoms with van der Waals surface area (Å²) in [5, 5.41) is 0. The molecule has 2 aromatic rings. The average Bonchev–Trinajstić information content (AvgIpc) is 2.47. The first-order chi connectivity index (χ1) is 9.69. The Labute approximate surface area is 120 Å². The van der Waals surface area contributed by atoms with Crippen molar-refractivity contribution < 1.29 is 4.79 Å². The highest BCUT2D eigenvalue weighted by atomic mass is 16.1. The number of rotatable bonds is 6. The normalized spacial score (nSPS) is 10.5. The first kappa shape index (κ1) is 14.4. The molecule has 0 atom stereocenters. The van der Waals surface area contributed by atoms with E-state index in [4.69, 9.17) is 0 Å². The number of pyridine rings is 1. The van der Waals surface area contributed by atoms with Gasteiger partial charge in [0.05, 0.1) is 0 Å². The Balaban J connectivity index is 1.87. The second-order valence-corrected chi connectivity index (χ2v) is 5.15. The predicted octanol–water partition coefficient (Wildman–Crippen LogP) is 3.70. The quantitative estimate of drug-likeness (QED) is 0.799. The molecule has 0 N–H and O–H groups in total. The van der Waals surface area contributed by atoms with E-state index in [9.17, 15) is 4.79 Å². The number of nitrogens with zero attached hydrogens (tertiary/aromatic N) is 1. The van der Waals surface area contributed by atoms with Crippen LogP contribution in [0.5, 0.6) is 0 Å². The maximum absolute atomic E-state index is 12.0. The van der Waals surface area contributed by atoms with Gasteiger partial charge in [-0.05, 0) is 42.5 Å². The molecule has 2 rings (SSSR count). The van der Waals surface area contributed by atoms with Crippen molar-refractivity contribution in [3.63, 3.8) is 0 Å². The van der Waals surface area contributed by atoms with Crippen molar-refractivity contribution in [2.45, 2.75) is 39.5 Å². The molecule has 0 saturated heterocycles. The SMILES string of the molecule is CCc1ccc(CC(=O)CCc2ccccc2C)nc1. The lowest BCUT2D eigenvalue weighted by Gasteiger charge is -2.05. The minimum absolute atomic E-state index is 0.255. The van der Waals surface area contributed by atoms with E-state index >= 15 is 0 Å². The van der Waals surface area contributed by atoms with Crippen LogP contribution in [0.1, 0.15) is 35.7 Å². The Morgan fingerprint density at radius 2 is 1.95 bits per heavy atom. The van der Waals surface area contributed by atoms with Crippen LogP contribution in [-0.2, 0) is 24.1 Å². The number of carbonyl (C=O) groups is 1. The Bertz CT molecular complexity index is 572. The van der Waals surface area contributed by atoms with E-state index in [1.165, 1.54) is 16.7 Å². The third kappa shape index (κ3) is 4.02.